The second-order valence-electron chi connectivity index (χ2n) is 2.78. The maximum atomic E-state index is 5.42. The molecule has 0 aromatic heterocycles. The van der Waals surface area contributed by atoms with Gasteiger partial charge in [-0.15, -0.1) is 0 Å². The van der Waals surface area contributed by atoms with E-state index >= 15 is 0 Å². The molecule has 0 aromatic rings. The third-order valence-electron chi connectivity index (χ3n) is 1.65. The standard InChI is InChI=1S/C10H20O2/c1-4-6-8-10(7-5-2)12-9-11-3/h5,7,10H,4,6,8-9H2,1-3H3/b7-5+. The molecular weight excluding hydrogens is 152 g/mol. The molecule has 0 heterocycles. The minimum Gasteiger partial charge on any atom is -0.359 e. The van der Waals surface area contributed by atoms with Crippen LogP contribution in [0, 0.1) is 0 Å². The van der Waals surface area contributed by atoms with Gasteiger partial charge >= 0.3 is 0 Å². The van der Waals surface area contributed by atoms with Crippen LogP contribution in [-0.4, -0.2) is 20.0 Å². The van der Waals surface area contributed by atoms with E-state index in [1.54, 1.807) is 7.11 Å². The van der Waals surface area contributed by atoms with Crippen LogP contribution in [0.25, 0.3) is 0 Å². The molecule has 72 valence electrons. The number of methoxy groups -OCH3 is 1. The van der Waals surface area contributed by atoms with E-state index in [0.717, 1.165) is 6.42 Å². The molecule has 0 aliphatic carbocycles. The second-order valence-corrected chi connectivity index (χ2v) is 2.78. The lowest BCUT2D eigenvalue weighted by Crippen LogP contribution is -2.11. The summed E-state index contributed by atoms with van der Waals surface area (Å²) in [6.45, 7) is 4.58. The Bertz CT molecular complexity index is 102. The van der Waals surface area contributed by atoms with E-state index < -0.39 is 0 Å². The van der Waals surface area contributed by atoms with Crippen LogP contribution >= 0.6 is 0 Å². The van der Waals surface area contributed by atoms with Gasteiger partial charge in [-0.2, -0.15) is 0 Å². The molecule has 0 saturated carbocycles. The zero-order chi connectivity index (χ0) is 9.23. The molecule has 2 heteroatoms. The Balaban J connectivity index is 3.54. The fourth-order valence-corrected chi connectivity index (χ4v) is 1.01. The molecule has 0 radical (unpaired) electrons. The van der Waals surface area contributed by atoms with Gasteiger partial charge in [0.15, 0.2) is 0 Å². The van der Waals surface area contributed by atoms with Gasteiger partial charge in [0.2, 0.25) is 0 Å². The van der Waals surface area contributed by atoms with Crippen molar-refractivity contribution >= 4 is 0 Å². The molecule has 1 atom stereocenters. The van der Waals surface area contributed by atoms with E-state index in [1.165, 1.54) is 12.8 Å². The molecule has 0 aromatic carbocycles. The normalized spacial score (nSPS) is 13.9. The summed E-state index contributed by atoms with van der Waals surface area (Å²) in [4.78, 5) is 0. The monoisotopic (exact) mass is 172 g/mol. The molecule has 2 nitrogen and oxygen atoms in total. The summed E-state index contributed by atoms with van der Waals surface area (Å²) in [5.74, 6) is 0. The molecule has 0 bridgehead atoms. The van der Waals surface area contributed by atoms with Crippen LogP contribution in [0.2, 0.25) is 0 Å². The summed E-state index contributed by atoms with van der Waals surface area (Å²) < 4.78 is 10.3. The smallest absolute Gasteiger partial charge is 0.147 e. The lowest BCUT2D eigenvalue weighted by Gasteiger charge is -2.12. The first-order valence-electron chi connectivity index (χ1n) is 4.58. The highest BCUT2D eigenvalue weighted by molar-refractivity contribution is 4.86. The van der Waals surface area contributed by atoms with Gasteiger partial charge in [0, 0.05) is 7.11 Å². The zero-order valence-corrected chi connectivity index (χ0v) is 8.38. The quantitative estimate of drug-likeness (QED) is 0.434. The Labute approximate surface area is 75.6 Å². The molecule has 0 spiro atoms. The van der Waals surface area contributed by atoms with E-state index in [1.807, 2.05) is 13.0 Å². The van der Waals surface area contributed by atoms with E-state index in [9.17, 15) is 0 Å². The average molecular weight is 172 g/mol. The van der Waals surface area contributed by atoms with Gasteiger partial charge in [0.25, 0.3) is 0 Å². The SMILES string of the molecule is C/C=C/C(CCCC)OCOC. The molecule has 0 saturated heterocycles. The first kappa shape index (κ1) is 11.7. The van der Waals surface area contributed by atoms with Crippen molar-refractivity contribution in [3.63, 3.8) is 0 Å². The van der Waals surface area contributed by atoms with Crippen molar-refractivity contribution in [1.29, 1.82) is 0 Å². The molecule has 1 unspecified atom stereocenters. The highest BCUT2D eigenvalue weighted by Crippen LogP contribution is 2.06. The zero-order valence-electron chi connectivity index (χ0n) is 8.38. The van der Waals surface area contributed by atoms with Crippen molar-refractivity contribution in [3.05, 3.63) is 12.2 Å². The van der Waals surface area contributed by atoms with Crippen LogP contribution in [0.1, 0.15) is 33.1 Å². The summed E-state index contributed by atoms with van der Waals surface area (Å²) >= 11 is 0. The fourth-order valence-electron chi connectivity index (χ4n) is 1.01. The van der Waals surface area contributed by atoms with E-state index in [-0.39, 0.29) is 6.10 Å². The van der Waals surface area contributed by atoms with Gasteiger partial charge in [-0.25, -0.2) is 0 Å². The maximum Gasteiger partial charge on any atom is 0.147 e. The summed E-state index contributed by atoms with van der Waals surface area (Å²) in [5.41, 5.74) is 0. The Morgan fingerprint density at radius 3 is 2.67 bits per heavy atom. The number of hydrogen-bond acceptors (Lipinski definition) is 2. The lowest BCUT2D eigenvalue weighted by molar-refractivity contribution is -0.0579. The van der Waals surface area contributed by atoms with E-state index in [0.29, 0.717) is 6.79 Å². The third kappa shape index (κ3) is 6.38. The number of ether oxygens (including phenoxy) is 2. The number of rotatable bonds is 7. The second kappa shape index (κ2) is 8.75. The van der Waals surface area contributed by atoms with Crippen molar-refractivity contribution in [2.24, 2.45) is 0 Å². The first-order chi connectivity index (χ1) is 5.85. The van der Waals surface area contributed by atoms with Crippen molar-refractivity contribution in [2.45, 2.75) is 39.2 Å². The molecule has 0 fully saturated rings. The van der Waals surface area contributed by atoms with Crippen molar-refractivity contribution < 1.29 is 9.47 Å². The molecule has 12 heavy (non-hydrogen) atoms. The third-order valence-corrected chi connectivity index (χ3v) is 1.65. The van der Waals surface area contributed by atoms with Gasteiger partial charge in [-0.3, -0.25) is 0 Å². The van der Waals surface area contributed by atoms with Gasteiger partial charge in [0.1, 0.15) is 6.79 Å². The number of hydrogen-bond donors (Lipinski definition) is 0. The van der Waals surface area contributed by atoms with Gasteiger partial charge in [-0.1, -0.05) is 31.9 Å². The number of unbranched alkanes of at least 4 members (excludes halogenated alkanes) is 1. The first-order valence-corrected chi connectivity index (χ1v) is 4.58. The Morgan fingerprint density at radius 2 is 2.17 bits per heavy atom. The minimum absolute atomic E-state index is 0.231. The van der Waals surface area contributed by atoms with Crippen molar-refractivity contribution in [3.8, 4) is 0 Å². The summed E-state index contributed by atoms with van der Waals surface area (Å²) in [7, 11) is 1.65. The Kier molecular flexibility index (Phi) is 8.51. The molecule has 0 aliphatic rings. The van der Waals surface area contributed by atoms with Crippen LogP contribution in [0.5, 0.6) is 0 Å². The predicted molar refractivity (Wildman–Crippen MR) is 51.1 cm³/mol. The van der Waals surface area contributed by atoms with E-state index in [2.05, 4.69) is 13.0 Å². The van der Waals surface area contributed by atoms with Crippen LogP contribution in [0.4, 0.5) is 0 Å². The lowest BCUT2D eigenvalue weighted by atomic mass is 10.1. The van der Waals surface area contributed by atoms with Crippen molar-refractivity contribution in [2.75, 3.05) is 13.9 Å². The van der Waals surface area contributed by atoms with Crippen LogP contribution in [0.3, 0.4) is 0 Å². The van der Waals surface area contributed by atoms with Gasteiger partial charge in [-0.05, 0) is 13.3 Å². The van der Waals surface area contributed by atoms with E-state index in [4.69, 9.17) is 9.47 Å². The molecule has 0 amide bonds. The fraction of sp³-hybridized carbons (Fsp3) is 0.800. The molecule has 0 aliphatic heterocycles. The predicted octanol–water partition coefficient (Wildman–Crippen LogP) is 2.74. The largest absolute Gasteiger partial charge is 0.359 e. The van der Waals surface area contributed by atoms with Crippen LogP contribution in [-0.2, 0) is 9.47 Å². The Hall–Kier alpha value is -0.340. The van der Waals surface area contributed by atoms with Crippen LogP contribution in [0.15, 0.2) is 12.2 Å². The highest BCUT2D eigenvalue weighted by atomic mass is 16.7. The molecule has 0 rings (SSSR count). The van der Waals surface area contributed by atoms with Gasteiger partial charge in [0.05, 0.1) is 6.10 Å². The number of allylic oxidation sites excluding steroid dienone is 1. The molecule has 0 N–H and O–H groups in total. The van der Waals surface area contributed by atoms with Gasteiger partial charge < -0.3 is 9.47 Å². The summed E-state index contributed by atoms with van der Waals surface area (Å²) in [6, 6.07) is 0. The molecular formula is C10H20O2. The average Bonchev–Trinajstić information content (AvgIpc) is 2.10. The maximum absolute atomic E-state index is 5.42. The Morgan fingerprint density at radius 1 is 1.42 bits per heavy atom. The highest BCUT2D eigenvalue weighted by Gasteiger charge is 2.02. The topological polar surface area (TPSA) is 18.5 Å². The minimum atomic E-state index is 0.231. The summed E-state index contributed by atoms with van der Waals surface area (Å²) in [5, 5.41) is 0. The summed E-state index contributed by atoms with van der Waals surface area (Å²) in [6.07, 6.45) is 7.84. The van der Waals surface area contributed by atoms with Crippen LogP contribution < -0.4 is 0 Å². The van der Waals surface area contributed by atoms with Crippen molar-refractivity contribution in [1.82, 2.24) is 0 Å².